The molecule has 2 rings (SSSR count). The van der Waals surface area contributed by atoms with Crippen LogP contribution in [0.4, 0.5) is 0 Å². The average molecular weight is 254 g/mol. The zero-order valence-corrected chi connectivity index (χ0v) is 12.1. The summed E-state index contributed by atoms with van der Waals surface area (Å²) >= 11 is 6.14. The van der Waals surface area contributed by atoms with Crippen molar-refractivity contribution in [3.63, 3.8) is 0 Å². The third-order valence-electron chi connectivity index (χ3n) is 4.59. The fourth-order valence-electron chi connectivity index (χ4n) is 3.66. The molecule has 0 unspecified atom stereocenters. The van der Waals surface area contributed by atoms with Gasteiger partial charge < -0.3 is 4.90 Å². The van der Waals surface area contributed by atoms with Gasteiger partial charge in [0.2, 0.25) is 0 Å². The molecule has 2 atom stereocenters. The first-order chi connectivity index (χ1) is 8.04. The summed E-state index contributed by atoms with van der Waals surface area (Å²) in [6.45, 7) is 3.49. The van der Waals surface area contributed by atoms with E-state index in [1.165, 1.54) is 37.8 Å². The van der Waals surface area contributed by atoms with Gasteiger partial charge in [-0.2, -0.15) is 0 Å². The van der Waals surface area contributed by atoms with Crippen molar-refractivity contribution < 1.29 is 0 Å². The third-order valence-corrected chi connectivity index (χ3v) is 4.86. The van der Waals surface area contributed by atoms with E-state index in [4.69, 9.17) is 11.6 Å². The van der Waals surface area contributed by atoms with Crippen LogP contribution in [-0.4, -0.2) is 25.5 Å². The van der Waals surface area contributed by atoms with E-state index in [-0.39, 0.29) is 0 Å². The fraction of sp³-hybridized carbons (Fsp3) is 0.733. The molecular weight excluding hydrogens is 230 g/mol. The Bertz CT molecular complexity index is 343. The molecule has 1 saturated carbocycles. The van der Waals surface area contributed by atoms with E-state index in [1.807, 2.05) is 0 Å². The smallest absolute Gasteiger partial charge is 0.0366 e. The highest BCUT2D eigenvalue weighted by Gasteiger charge is 2.42. The Labute approximate surface area is 111 Å². The molecule has 0 aromatic heterocycles. The van der Waals surface area contributed by atoms with Gasteiger partial charge in [-0.3, -0.25) is 0 Å². The van der Waals surface area contributed by atoms with Crippen LogP contribution in [0.25, 0.3) is 0 Å². The number of rotatable bonds is 2. The van der Waals surface area contributed by atoms with Crippen LogP contribution in [-0.2, 0) is 0 Å². The Morgan fingerprint density at radius 3 is 2.82 bits per heavy atom. The van der Waals surface area contributed by atoms with Crippen LogP contribution in [0, 0.1) is 11.3 Å². The first kappa shape index (κ1) is 13.2. The predicted octanol–water partition coefficient (Wildman–Crippen LogP) is 4.20. The van der Waals surface area contributed by atoms with Gasteiger partial charge in [-0.25, -0.2) is 0 Å². The van der Waals surface area contributed by atoms with E-state index in [1.54, 1.807) is 0 Å². The molecule has 2 heteroatoms. The molecule has 2 aliphatic carbocycles. The van der Waals surface area contributed by atoms with Gasteiger partial charge in [0.15, 0.2) is 0 Å². The number of allylic oxidation sites excluding steroid dienone is 4. The lowest BCUT2D eigenvalue weighted by Gasteiger charge is -2.47. The maximum Gasteiger partial charge on any atom is 0.0366 e. The van der Waals surface area contributed by atoms with Crippen molar-refractivity contribution in [1.82, 2.24) is 4.90 Å². The minimum absolute atomic E-state index is 0.404. The number of halogens is 1. The highest BCUT2D eigenvalue weighted by atomic mass is 35.5. The standard InChI is InChI=1S/C15H24ClN/c1-12-10-14(16)7-9-15(12)8-5-4-6-13(15)11-17(2)3/h7,10,13H,4-6,8-9,11H2,1-3H3/t13-,15-/m1/s1. The second-order valence-corrected chi connectivity index (χ2v) is 6.42. The predicted molar refractivity (Wildman–Crippen MR) is 75.3 cm³/mol. The van der Waals surface area contributed by atoms with E-state index >= 15 is 0 Å². The average Bonchev–Trinajstić information content (AvgIpc) is 2.26. The summed E-state index contributed by atoms with van der Waals surface area (Å²) in [5.41, 5.74) is 1.91. The third kappa shape index (κ3) is 2.61. The maximum atomic E-state index is 6.14. The van der Waals surface area contributed by atoms with E-state index in [9.17, 15) is 0 Å². The highest BCUT2D eigenvalue weighted by molar-refractivity contribution is 6.31. The molecule has 0 saturated heterocycles. The van der Waals surface area contributed by atoms with Crippen LogP contribution in [0.1, 0.15) is 39.0 Å². The van der Waals surface area contributed by atoms with Gasteiger partial charge in [0.25, 0.3) is 0 Å². The Kier molecular flexibility index (Phi) is 3.99. The molecule has 2 aliphatic rings. The molecule has 0 N–H and O–H groups in total. The van der Waals surface area contributed by atoms with Gasteiger partial charge >= 0.3 is 0 Å². The second kappa shape index (κ2) is 5.16. The Balaban J connectivity index is 2.23. The van der Waals surface area contributed by atoms with Crippen LogP contribution in [0.2, 0.25) is 0 Å². The maximum absolute atomic E-state index is 6.14. The molecular formula is C15H24ClN. The first-order valence-electron chi connectivity index (χ1n) is 6.74. The summed E-state index contributed by atoms with van der Waals surface area (Å²) in [6.07, 6.45) is 11.0. The first-order valence-corrected chi connectivity index (χ1v) is 7.11. The van der Waals surface area contributed by atoms with Crippen molar-refractivity contribution in [2.45, 2.75) is 39.0 Å². The van der Waals surface area contributed by atoms with Crippen molar-refractivity contribution in [2.75, 3.05) is 20.6 Å². The van der Waals surface area contributed by atoms with Gasteiger partial charge in [-0.1, -0.05) is 36.1 Å². The SMILES string of the molecule is CC1=CC(Cl)=CC[C@]12CCCC[C@@H]2CN(C)C. The second-order valence-electron chi connectivity index (χ2n) is 5.98. The van der Waals surface area contributed by atoms with Crippen LogP contribution in [0.5, 0.6) is 0 Å². The molecule has 0 aromatic carbocycles. The molecule has 0 bridgehead atoms. The summed E-state index contributed by atoms with van der Waals surface area (Å²) in [7, 11) is 4.37. The lowest BCUT2D eigenvalue weighted by Crippen LogP contribution is -2.41. The van der Waals surface area contributed by atoms with Gasteiger partial charge in [-0.15, -0.1) is 0 Å². The van der Waals surface area contributed by atoms with Gasteiger partial charge in [0.1, 0.15) is 0 Å². The summed E-state index contributed by atoms with van der Waals surface area (Å²) in [5.74, 6) is 0.795. The lowest BCUT2D eigenvalue weighted by atomic mass is 9.59. The summed E-state index contributed by atoms with van der Waals surface area (Å²) in [4.78, 5) is 2.34. The van der Waals surface area contributed by atoms with E-state index in [0.717, 1.165) is 17.4 Å². The number of hydrogen-bond acceptors (Lipinski definition) is 1. The Morgan fingerprint density at radius 1 is 1.41 bits per heavy atom. The van der Waals surface area contributed by atoms with Gasteiger partial charge in [-0.05, 0) is 57.7 Å². The Morgan fingerprint density at radius 2 is 2.18 bits per heavy atom. The number of nitrogens with zero attached hydrogens (tertiary/aromatic N) is 1. The number of hydrogen-bond donors (Lipinski definition) is 0. The van der Waals surface area contributed by atoms with Crippen molar-refractivity contribution >= 4 is 11.6 Å². The molecule has 1 spiro atoms. The largest absolute Gasteiger partial charge is 0.309 e. The van der Waals surface area contributed by atoms with Crippen LogP contribution in [0.3, 0.4) is 0 Å². The van der Waals surface area contributed by atoms with Gasteiger partial charge in [0.05, 0.1) is 0 Å². The monoisotopic (exact) mass is 253 g/mol. The molecule has 0 amide bonds. The fourth-order valence-corrected chi connectivity index (χ4v) is 3.90. The van der Waals surface area contributed by atoms with E-state index in [2.05, 4.69) is 38.1 Å². The zero-order chi connectivity index (χ0) is 12.5. The normalized spacial score (nSPS) is 33.8. The minimum Gasteiger partial charge on any atom is -0.309 e. The van der Waals surface area contributed by atoms with Gasteiger partial charge in [0, 0.05) is 11.6 Å². The van der Waals surface area contributed by atoms with E-state index < -0.39 is 0 Å². The molecule has 0 aliphatic heterocycles. The van der Waals surface area contributed by atoms with Crippen molar-refractivity contribution in [2.24, 2.45) is 11.3 Å². The van der Waals surface area contributed by atoms with Crippen LogP contribution < -0.4 is 0 Å². The summed E-state index contributed by atoms with van der Waals surface area (Å²) in [5, 5.41) is 0.933. The zero-order valence-electron chi connectivity index (χ0n) is 11.3. The summed E-state index contributed by atoms with van der Waals surface area (Å²) < 4.78 is 0. The quantitative estimate of drug-likeness (QED) is 0.713. The highest BCUT2D eigenvalue weighted by Crippen LogP contribution is 2.51. The topological polar surface area (TPSA) is 3.24 Å². The molecule has 0 radical (unpaired) electrons. The van der Waals surface area contributed by atoms with Crippen molar-refractivity contribution in [3.05, 3.63) is 22.8 Å². The van der Waals surface area contributed by atoms with Crippen molar-refractivity contribution in [1.29, 1.82) is 0 Å². The lowest BCUT2D eigenvalue weighted by molar-refractivity contribution is 0.107. The summed E-state index contributed by atoms with van der Waals surface area (Å²) in [6, 6.07) is 0. The van der Waals surface area contributed by atoms with Crippen LogP contribution >= 0.6 is 11.6 Å². The Hall–Kier alpha value is -0.270. The van der Waals surface area contributed by atoms with Crippen molar-refractivity contribution in [3.8, 4) is 0 Å². The van der Waals surface area contributed by atoms with Crippen LogP contribution in [0.15, 0.2) is 22.8 Å². The van der Waals surface area contributed by atoms with E-state index in [0.29, 0.717) is 5.41 Å². The molecule has 17 heavy (non-hydrogen) atoms. The molecule has 96 valence electrons. The molecule has 1 fully saturated rings. The molecule has 0 heterocycles. The minimum atomic E-state index is 0.404. The molecule has 1 nitrogen and oxygen atoms in total. The molecule has 0 aromatic rings.